The molecule has 0 atom stereocenters. The predicted molar refractivity (Wildman–Crippen MR) is 163 cm³/mol. The van der Waals surface area contributed by atoms with Crippen molar-refractivity contribution in [3.05, 3.63) is 54.0 Å². The first-order valence-electron chi connectivity index (χ1n) is 13.7. The van der Waals surface area contributed by atoms with Crippen LogP contribution in [0.5, 0.6) is 17.2 Å². The predicted octanol–water partition coefficient (Wildman–Crippen LogP) is 4.52. The molecule has 1 aliphatic carbocycles. The van der Waals surface area contributed by atoms with E-state index in [0.717, 1.165) is 24.1 Å². The molecule has 1 fully saturated rings. The lowest BCUT2D eigenvalue weighted by Crippen LogP contribution is -2.16. The second-order valence-electron chi connectivity index (χ2n) is 10.7. The summed E-state index contributed by atoms with van der Waals surface area (Å²) in [5.41, 5.74) is 3.38. The van der Waals surface area contributed by atoms with Crippen LogP contribution in [0, 0.1) is 0 Å². The number of H-pyrrole nitrogens is 1. The minimum Gasteiger partial charge on any atom is -0.495 e. The summed E-state index contributed by atoms with van der Waals surface area (Å²) in [6.45, 7) is 0.682. The van der Waals surface area contributed by atoms with Crippen molar-refractivity contribution < 1.29 is 27.2 Å². The number of aromatic amines is 1. The SMILES string of the molecule is COc1cc2c(NS(=O)(=O)c3c(OC)cc(-c4ncc(CN(C)C)cn4)cc3OC)noc2cc1Nc1cc(C2CC2)n[nH]1. The topological polar surface area (TPSA) is 170 Å². The highest BCUT2D eigenvalue weighted by molar-refractivity contribution is 7.93. The van der Waals surface area contributed by atoms with Gasteiger partial charge in [-0.25, -0.2) is 18.4 Å². The lowest BCUT2D eigenvalue weighted by molar-refractivity contribution is 0.374. The number of fused-ring (bicyclic) bond motifs is 1. The number of methoxy groups -OCH3 is 3. The highest BCUT2D eigenvalue weighted by atomic mass is 32.2. The number of aromatic nitrogens is 5. The van der Waals surface area contributed by atoms with Gasteiger partial charge in [-0.15, -0.1) is 0 Å². The van der Waals surface area contributed by atoms with Crippen LogP contribution in [0.15, 0.2) is 52.1 Å². The fourth-order valence-electron chi connectivity index (χ4n) is 4.84. The number of hydrogen-bond donors (Lipinski definition) is 3. The Bertz CT molecular complexity index is 1890. The summed E-state index contributed by atoms with van der Waals surface area (Å²) in [6.07, 6.45) is 5.72. The molecule has 0 amide bonds. The Balaban J connectivity index is 1.30. The van der Waals surface area contributed by atoms with E-state index in [2.05, 4.69) is 35.4 Å². The molecule has 0 aliphatic heterocycles. The molecule has 0 spiro atoms. The monoisotopic (exact) mass is 620 g/mol. The summed E-state index contributed by atoms with van der Waals surface area (Å²) >= 11 is 0. The number of ether oxygens (including phenoxy) is 3. The molecule has 6 rings (SSSR count). The average Bonchev–Trinajstić information content (AvgIpc) is 3.65. The number of nitrogens with one attached hydrogen (secondary N) is 3. The Morgan fingerprint density at radius 1 is 0.977 bits per heavy atom. The zero-order chi connectivity index (χ0) is 31.0. The molecule has 0 bridgehead atoms. The van der Waals surface area contributed by atoms with Crippen LogP contribution in [-0.2, 0) is 16.6 Å². The third-order valence-corrected chi connectivity index (χ3v) is 8.48. The highest BCUT2D eigenvalue weighted by Gasteiger charge is 2.29. The lowest BCUT2D eigenvalue weighted by atomic mass is 10.1. The van der Waals surface area contributed by atoms with Gasteiger partial charge in [0.15, 0.2) is 22.1 Å². The zero-order valence-electron chi connectivity index (χ0n) is 24.8. The van der Waals surface area contributed by atoms with Crippen molar-refractivity contribution in [2.24, 2.45) is 0 Å². The molecule has 15 heteroatoms. The second kappa shape index (κ2) is 11.7. The van der Waals surface area contributed by atoms with Crippen molar-refractivity contribution in [1.29, 1.82) is 0 Å². The maximum atomic E-state index is 13.8. The Labute approximate surface area is 253 Å². The van der Waals surface area contributed by atoms with Gasteiger partial charge in [-0.1, -0.05) is 5.16 Å². The molecule has 3 N–H and O–H groups in total. The minimum absolute atomic E-state index is 0.0320. The van der Waals surface area contributed by atoms with Gasteiger partial charge < -0.3 is 29.0 Å². The van der Waals surface area contributed by atoms with Crippen LogP contribution in [0.3, 0.4) is 0 Å². The van der Waals surface area contributed by atoms with Gasteiger partial charge in [0.25, 0.3) is 10.0 Å². The fraction of sp³-hybridized carbons (Fsp3) is 0.310. The van der Waals surface area contributed by atoms with E-state index in [0.29, 0.717) is 52.1 Å². The Morgan fingerprint density at radius 2 is 1.66 bits per heavy atom. The van der Waals surface area contributed by atoms with E-state index in [1.807, 2.05) is 25.1 Å². The first-order valence-corrected chi connectivity index (χ1v) is 15.2. The van der Waals surface area contributed by atoms with Crippen LogP contribution in [-0.4, -0.2) is 74.1 Å². The average molecular weight is 621 g/mol. The quantitative estimate of drug-likeness (QED) is 0.179. The molecular formula is C29H32N8O6S. The number of sulfonamides is 1. The maximum absolute atomic E-state index is 13.8. The van der Waals surface area contributed by atoms with E-state index in [1.165, 1.54) is 21.3 Å². The van der Waals surface area contributed by atoms with Gasteiger partial charge in [0.05, 0.1) is 38.1 Å². The van der Waals surface area contributed by atoms with E-state index < -0.39 is 10.0 Å². The van der Waals surface area contributed by atoms with Crippen LogP contribution in [0.25, 0.3) is 22.4 Å². The van der Waals surface area contributed by atoms with Gasteiger partial charge >= 0.3 is 0 Å². The third-order valence-electron chi connectivity index (χ3n) is 7.08. The smallest absolute Gasteiger partial charge is 0.270 e. The maximum Gasteiger partial charge on any atom is 0.270 e. The van der Waals surface area contributed by atoms with Gasteiger partial charge in [0, 0.05) is 48.1 Å². The van der Waals surface area contributed by atoms with E-state index >= 15 is 0 Å². The minimum atomic E-state index is -4.30. The Hall–Kier alpha value is -4.89. The Morgan fingerprint density at radius 3 is 2.27 bits per heavy atom. The van der Waals surface area contributed by atoms with Crippen LogP contribution in [0.2, 0.25) is 0 Å². The third kappa shape index (κ3) is 5.83. The summed E-state index contributed by atoms with van der Waals surface area (Å²) in [5.74, 6) is 2.07. The first kappa shape index (κ1) is 29.2. The lowest BCUT2D eigenvalue weighted by Gasteiger charge is -2.16. The molecule has 5 aromatic rings. The molecule has 1 aliphatic rings. The summed E-state index contributed by atoms with van der Waals surface area (Å²) in [5, 5.41) is 15.0. The van der Waals surface area contributed by atoms with Crippen LogP contribution >= 0.6 is 0 Å². The first-order chi connectivity index (χ1) is 21.2. The molecule has 2 aromatic carbocycles. The molecular weight excluding hydrogens is 588 g/mol. The van der Waals surface area contributed by atoms with Gasteiger partial charge in [-0.3, -0.25) is 9.82 Å². The molecule has 1 saturated carbocycles. The highest BCUT2D eigenvalue weighted by Crippen LogP contribution is 2.42. The summed E-state index contributed by atoms with van der Waals surface area (Å²) in [4.78, 5) is 10.7. The van der Waals surface area contributed by atoms with E-state index in [1.54, 1.807) is 36.7 Å². The van der Waals surface area contributed by atoms with Crippen molar-refractivity contribution in [2.45, 2.75) is 30.2 Å². The molecule has 230 valence electrons. The van der Waals surface area contributed by atoms with Crippen molar-refractivity contribution in [1.82, 2.24) is 30.2 Å². The van der Waals surface area contributed by atoms with Crippen LogP contribution < -0.4 is 24.2 Å². The van der Waals surface area contributed by atoms with Crippen molar-refractivity contribution in [2.75, 3.05) is 45.5 Å². The van der Waals surface area contributed by atoms with E-state index in [-0.39, 0.29) is 22.2 Å². The van der Waals surface area contributed by atoms with Crippen molar-refractivity contribution >= 4 is 38.3 Å². The second-order valence-corrected chi connectivity index (χ2v) is 12.3. The van der Waals surface area contributed by atoms with E-state index in [9.17, 15) is 8.42 Å². The molecule has 44 heavy (non-hydrogen) atoms. The largest absolute Gasteiger partial charge is 0.495 e. The molecule has 14 nitrogen and oxygen atoms in total. The number of anilines is 3. The molecule has 3 heterocycles. The summed E-state index contributed by atoms with van der Waals surface area (Å²) < 4.78 is 52.2. The standard InChI is InChI=1S/C29H32N8O6S/c1-37(2)15-16-13-30-28(31-14-16)18-8-24(41-4)27(25(9-18)42-5)44(38,39)36-29-19-10-23(40-3)21(11-22(19)43-35-29)32-26-12-20(33-34-26)17-6-7-17/h8-14,17H,6-7,15H2,1-5H3,(H,35,36)(H2,32,33,34). The molecule has 3 aromatic heterocycles. The van der Waals surface area contributed by atoms with Crippen LogP contribution in [0.1, 0.15) is 30.0 Å². The van der Waals surface area contributed by atoms with Crippen LogP contribution in [0.4, 0.5) is 17.3 Å². The summed E-state index contributed by atoms with van der Waals surface area (Å²) in [6, 6.07) is 8.36. The normalized spacial score (nSPS) is 13.3. The number of benzene rings is 2. The van der Waals surface area contributed by atoms with E-state index in [4.69, 9.17) is 18.7 Å². The number of hydrogen-bond acceptors (Lipinski definition) is 12. The molecule has 0 unspecified atom stereocenters. The summed E-state index contributed by atoms with van der Waals surface area (Å²) in [7, 11) is 3.87. The fourth-order valence-corrected chi connectivity index (χ4v) is 6.16. The zero-order valence-corrected chi connectivity index (χ0v) is 25.7. The molecule has 0 radical (unpaired) electrons. The molecule has 0 saturated heterocycles. The van der Waals surface area contributed by atoms with Gasteiger partial charge in [0.2, 0.25) is 0 Å². The van der Waals surface area contributed by atoms with Crippen molar-refractivity contribution in [3.63, 3.8) is 0 Å². The van der Waals surface area contributed by atoms with Gasteiger partial charge in [0.1, 0.15) is 23.1 Å². The van der Waals surface area contributed by atoms with Gasteiger partial charge in [-0.2, -0.15) is 5.10 Å². The number of rotatable bonds is 12. The van der Waals surface area contributed by atoms with Gasteiger partial charge in [-0.05, 0) is 45.1 Å². The Kier molecular flexibility index (Phi) is 7.73. The van der Waals surface area contributed by atoms with Crippen molar-refractivity contribution in [3.8, 4) is 28.6 Å². The number of nitrogens with zero attached hydrogens (tertiary/aromatic N) is 5.